The van der Waals surface area contributed by atoms with Crippen LogP contribution in [0.15, 0.2) is 24.3 Å². The standard InChI is InChI=1S/C17H28ClNO/c1-3-5-6-7-12-20-17(14-19-11-4-2)15-9-8-10-16(18)13-15/h8-10,13,17,19H,3-7,11-12,14H2,1-2H3. The minimum atomic E-state index is 0.0990. The van der Waals surface area contributed by atoms with Gasteiger partial charge in [-0.25, -0.2) is 0 Å². The van der Waals surface area contributed by atoms with E-state index in [9.17, 15) is 0 Å². The summed E-state index contributed by atoms with van der Waals surface area (Å²) in [4.78, 5) is 0. The number of rotatable bonds is 11. The van der Waals surface area contributed by atoms with Crippen LogP contribution in [0.3, 0.4) is 0 Å². The third kappa shape index (κ3) is 7.28. The van der Waals surface area contributed by atoms with Crippen molar-refractivity contribution in [2.75, 3.05) is 19.7 Å². The van der Waals surface area contributed by atoms with Crippen molar-refractivity contribution in [1.82, 2.24) is 5.32 Å². The number of hydrogen-bond donors (Lipinski definition) is 1. The molecule has 0 heterocycles. The maximum absolute atomic E-state index is 6.08. The first-order valence-corrected chi connectivity index (χ1v) is 8.23. The van der Waals surface area contributed by atoms with Gasteiger partial charge >= 0.3 is 0 Å². The fraction of sp³-hybridized carbons (Fsp3) is 0.647. The summed E-state index contributed by atoms with van der Waals surface area (Å²) >= 11 is 6.08. The van der Waals surface area contributed by atoms with Gasteiger partial charge in [0.25, 0.3) is 0 Å². The van der Waals surface area contributed by atoms with E-state index in [2.05, 4.69) is 25.2 Å². The van der Waals surface area contributed by atoms with Gasteiger partial charge in [0.2, 0.25) is 0 Å². The predicted molar refractivity (Wildman–Crippen MR) is 87.4 cm³/mol. The molecule has 1 aromatic rings. The van der Waals surface area contributed by atoms with Crippen molar-refractivity contribution in [1.29, 1.82) is 0 Å². The van der Waals surface area contributed by atoms with Gasteiger partial charge in [0, 0.05) is 18.2 Å². The molecule has 20 heavy (non-hydrogen) atoms. The zero-order valence-corrected chi connectivity index (χ0v) is 13.6. The van der Waals surface area contributed by atoms with Gasteiger partial charge < -0.3 is 10.1 Å². The summed E-state index contributed by atoms with van der Waals surface area (Å²) in [6.45, 7) is 7.10. The van der Waals surface area contributed by atoms with Crippen LogP contribution in [0.4, 0.5) is 0 Å². The molecule has 3 heteroatoms. The summed E-state index contributed by atoms with van der Waals surface area (Å²) in [6.07, 6.45) is 6.18. The lowest BCUT2D eigenvalue weighted by Gasteiger charge is -2.19. The van der Waals surface area contributed by atoms with Gasteiger partial charge in [0.15, 0.2) is 0 Å². The van der Waals surface area contributed by atoms with E-state index in [4.69, 9.17) is 16.3 Å². The first-order chi connectivity index (χ1) is 9.77. The molecule has 0 radical (unpaired) electrons. The van der Waals surface area contributed by atoms with Crippen molar-refractivity contribution in [3.05, 3.63) is 34.9 Å². The van der Waals surface area contributed by atoms with Gasteiger partial charge in [-0.1, -0.05) is 56.8 Å². The van der Waals surface area contributed by atoms with Crippen molar-refractivity contribution in [3.63, 3.8) is 0 Å². The lowest BCUT2D eigenvalue weighted by atomic mass is 10.1. The predicted octanol–water partition coefficient (Wildman–Crippen LogP) is 4.98. The molecular formula is C17H28ClNO. The highest BCUT2D eigenvalue weighted by Gasteiger charge is 2.11. The molecule has 1 unspecified atom stereocenters. The Morgan fingerprint density at radius 2 is 2.00 bits per heavy atom. The second kappa shape index (κ2) is 11.1. The van der Waals surface area contributed by atoms with Crippen molar-refractivity contribution in [3.8, 4) is 0 Å². The van der Waals surface area contributed by atoms with Crippen LogP contribution in [0.25, 0.3) is 0 Å². The summed E-state index contributed by atoms with van der Waals surface area (Å²) < 4.78 is 6.06. The molecule has 0 fully saturated rings. The Hall–Kier alpha value is -0.570. The first-order valence-electron chi connectivity index (χ1n) is 7.85. The molecule has 114 valence electrons. The van der Waals surface area contributed by atoms with E-state index in [0.717, 1.165) is 43.1 Å². The van der Waals surface area contributed by atoms with Crippen LogP contribution in [-0.4, -0.2) is 19.7 Å². The second-order valence-corrected chi connectivity index (χ2v) is 5.62. The Kier molecular flexibility index (Phi) is 9.73. The molecule has 0 amide bonds. The van der Waals surface area contributed by atoms with Crippen molar-refractivity contribution in [2.24, 2.45) is 0 Å². The monoisotopic (exact) mass is 297 g/mol. The Bertz CT molecular complexity index is 357. The summed E-state index contributed by atoms with van der Waals surface area (Å²) in [7, 11) is 0. The van der Waals surface area contributed by atoms with Crippen molar-refractivity contribution < 1.29 is 4.74 Å². The van der Waals surface area contributed by atoms with Gasteiger partial charge in [-0.15, -0.1) is 0 Å². The van der Waals surface area contributed by atoms with E-state index in [1.54, 1.807) is 0 Å². The van der Waals surface area contributed by atoms with E-state index >= 15 is 0 Å². The van der Waals surface area contributed by atoms with Crippen LogP contribution >= 0.6 is 11.6 Å². The maximum atomic E-state index is 6.08. The number of unbranched alkanes of at least 4 members (excludes halogenated alkanes) is 3. The van der Waals surface area contributed by atoms with Crippen LogP contribution in [0.1, 0.15) is 57.6 Å². The van der Waals surface area contributed by atoms with Crippen LogP contribution in [0, 0.1) is 0 Å². The number of benzene rings is 1. The Morgan fingerprint density at radius 1 is 1.15 bits per heavy atom. The lowest BCUT2D eigenvalue weighted by Crippen LogP contribution is -2.24. The minimum absolute atomic E-state index is 0.0990. The largest absolute Gasteiger partial charge is 0.372 e. The molecule has 1 aromatic carbocycles. The third-order valence-corrected chi connectivity index (χ3v) is 3.53. The minimum Gasteiger partial charge on any atom is -0.372 e. The molecular weight excluding hydrogens is 270 g/mol. The number of nitrogens with one attached hydrogen (secondary N) is 1. The van der Waals surface area contributed by atoms with Gasteiger partial charge in [0.05, 0.1) is 6.10 Å². The molecule has 0 aliphatic rings. The summed E-state index contributed by atoms with van der Waals surface area (Å²) in [6, 6.07) is 8.00. The fourth-order valence-electron chi connectivity index (χ4n) is 2.14. The number of halogens is 1. The van der Waals surface area contributed by atoms with Crippen LogP contribution in [0.2, 0.25) is 5.02 Å². The highest BCUT2D eigenvalue weighted by Crippen LogP contribution is 2.21. The van der Waals surface area contributed by atoms with E-state index in [1.165, 1.54) is 19.3 Å². The fourth-order valence-corrected chi connectivity index (χ4v) is 2.34. The van der Waals surface area contributed by atoms with Crippen molar-refractivity contribution in [2.45, 2.75) is 52.1 Å². The Labute approximate surface area is 128 Å². The molecule has 0 aliphatic carbocycles. The van der Waals surface area contributed by atoms with Gasteiger partial charge in [-0.2, -0.15) is 0 Å². The van der Waals surface area contributed by atoms with Crippen LogP contribution < -0.4 is 5.32 Å². The molecule has 0 saturated heterocycles. The summed E-state index contributed by atoms with van der Waals surface area (Å²) in [5.41, 5.74) is 1.16. The summed E-state index contributed by atoms with van der Waals surface area (Å²) in [5, 5.41) is 4.21. The SMILES string of the molecule is CCCCCCOC(CNCCC)c1cccc(Cl)c1. The van der Waals surface area contributed by atoms with E-state index in [1.807, 2.05) is 18.2 Å². The van der Waals surface area contributed by atoms with Gasteiger partial charge in [-0.05, 0) is 37.1 Å². The smallest absolute Gasteiger partial charge is 0.0949 e. The molecule has 0 bridgehead atoms. The van der Waals surface area contributed by atoms with E-state index in [-0.39, 0.29) is 6.10 Å². The van der Waals surface area contributed by atoms with Gasteiger partial charge in [-0.3, -0.25) is 0 Å². The number of hydrogen-bond acceptors (Lipinski definition) is 2. The first kappa shape index (κ1) is 17.5. The van der Waals surface area contributed by atoms with Crippen molar-refractivity contribution >= 4 is 11.6 Å². The zero-order valence-electron chi connectivity index (χ0n) is 12.8. The highest BCUT2D eigenvalue weighted by molar-refractivity contribution is 6.30. The quantitative estimate of drug-likeness (QED) is 0.582. The molecule has 1 N–H and O–H groups in total. The van der Waals surface area contributed by atoms with Crippen LogP contribution in [-0.2, 0) is 4.74 Å². The molecule has 2 nitrogen and oxygen atoms in total. The average Bonchev–Trinajstić information content (AvgIpc) is 2.45. The second-order valence-electron chi connectivity index (χ2n) is 5.18. The normalized spacial score (nSPS) is 12.6. The Morgan fingerprint density at radius 3 is 2.70 bits per heavy atom. The van der Waals surface area contributed by atoms with E-state index < -0.39 is 0 Å². The molecule has 0 aliphatic heterocycles. The third-order valence-electron chi connectivity index (χ3n) is 3.29. The summed E-state index contributed by atoms with van der Waals surface area (Å²) in [5.74, 6) is 0. The topological polar surface area (TPSA) is 21.3 Å². The molecule has 0 spiro atoms. The molecule has 0 aromatic heterocycles. The van der Waals surface area contributed by atoms with E-state index in [0.29, 0.717) is 0 Å². The zero-order chi connectivity index (χ0) is 14.6. The molecule has 0 saturated carbocycles. The highest BCUT2D eigenvalue weighted by atomic mass is 35.5. The average molecular weight is 298 g/mol. The Balaban J connectivity index is 2.47. The molecule has 1 atom stereocenters. The lowest BCUT2D eigenvalue weighted by molar-refractivity contribution is 0.0500. The number of ether oxygens (including phenoxy) is 1. The maximum Gasteiger partial charge on any atom is 0.0949 e. The van der Waals surface area contributed by atoms with Crippen LogP contribution in [0.5, 0.6) is 0 Å². The molecule has 1 rings (SSSR count). The van der Waals surface area contributed by atoms with Gasteiger partial charge in [0.1, 0.15) is 0 Å².